The van der Waals surface area contributed by atoms with E-state index in [9.17, 15) is 4.79 Å². The zero-order valence-corrected chi connectivity index (χ0v) is 12.7. The molecule has 0 aromatic heterocycles. The van der Waals surface area contributed by atoms with E-state index >= 15 is 0 Å². The van der Waals surface area contributed by atoms with Crippen LogP contribution in [0.2, 0.25) is 0 Å². The molecule has 0 aliphatic rings. The maximum absolute atomic E-state index is 12.0. The quantitative estimate of drug-likeness (QED) is 0.603. The van der Waals surface area contributed by atoms with Gasteiger partial charge in [-0.1, -0.05) is 34.1 Å². The number of halogens is 1. The van der Waals surface area contributed by atoms with Gasteiger partial charge in [0, 0.05) is 10.0 Å². The topological polar surface area (TPSA) is 50.1 Å². The summed E-state index contributed by atoms with van der Waals surface area (Å²) in [5.41, 5.74) is 1.54. The van der Waals surface area contributed by atoms with E-state index in [4.69, 9.17) is 10.00 Å². The van der Waals surface area contributed by atoms with Gasteiger partial charge in [-0.3, -0.25) is 4.79 Å². The van der Waals surface area contributed by atoms with E-state index in [1.54, 1.807) is 30.3 Å². The fraction of sp³-hybridized carbons (Fsp3) is 0.0588. The van der Waals surface area contributed by atoms with Crippen LogP contribution < -0.4 is 4.74 Å². The number of hydrogen-bond acceptors (Lipinski definition) is 3. The first-order valence-corrected chi connectivity index (χ1v) is 7.06. The summed E-state index contributed by atoms with van der Waals surface area (Å²) in [4.78, 5) is 12.0. The summed E-state index contributed by atoms with van der Waals surface area (Å²) < 4.78 is 6.13. The molecule has 0 N–H and O–H groups in total. The molecule has 0 saturated carbocycles. The molecule has 0 radical (unpaired) electrons. The molecule has 21 heavy (non-hydrogen) atoms. The molecule has 0 bridgehead atoms. The van der Waals surface area contributed by atoms with Gasteiger partial charge in [-0.25, -0.2) is 0 Å². The third kappa shape index (κ3) is 4.59. The Morgan fingerprint density at radius 3 is 2.43 bits per heavy atom. The van der Waals surface area contributed by atoms with Gasteiger partial charge in [0.15, 0.2) is 12.4 Å². The third-order valence-electron chi connectivity index (χ3n) is 2.74. The Morgan fingerprint density at radius 1 is 1.14 bits per heavy atom. The van der Waals surface area contributed by atoms with E-state index in [-0.39, 0.29) is 12.4 Å². The molecular weight excluding hydrogens is 330 g/mol. The van der Waals surface area contributed by atoms with Crippen molar-refractivity contribution in [3.8, 4) is 11.8 Å². The molecule has 0 atom stereocenters. The molecule has 0 saturated heterocycles. The molecule has 0 fully saturated rings. The van der Waals surface area contributed by atoms with Crippen LogP contribution in [0, 0.1) is 11.3 Å². The van der Waals surface area contributed by atoms with Gasteiger partial charge in [0.05, 0.1) is 0 Å². The fourth-order valence-corrected chi connectivity index (χ4v) is 1.94. The van der Waals surface area contributed by atoms with E-state index in [0.29, 0.717) is 11.3 Å². The highest BCUT2D eigenvalue weighted by molar-refractivity contribution is 9.10. The number of nitrogens with zero attached hydrogens (tertiary/aromatic N) is 1. The number of rotatable bonds is 5. The summed E-state index contributed by atoms with van der Waals surface area (Å²) in [5.74, 6) is 0.495. The monoisotopic (exact) mass is 341 g/mol. The van der Waals surface area contributed by atoms with Gasteiger partial charge in [-0.2, -0.15) is 5.26 Å². The van der Waals surface area contributed by atoms with Crippen LogP contribution in [0.1, 0.15) is 15.9 Å². The minimum atomic E-state index is -0.0789. The van der Waals surface area contributed by atoms with Crippen molar-refractivity contribution in [3.63, 3.8) is 0 Å². The van der Waals surface area contributed by atoms with E-state index in [0.717, 1.165) is 10.0 Å². The van der Waals surface area contributed by atoms with Crippen molar-refractivity contribution in [2.45, 2.75) is 0 Å². The second-order valence-electron chi connectivity index (χ2n) is 4.22. The van der Waals surface area contributed by atoms with E-state index in [1.165, 1.54) is 6.08 Å². The Kier molecular flexibility index (Phi) is 5.30. The number of ether oxygens (including phenoxy) is 1. The second kappa shape index (κ2) is 7.41. The average molecular weight is 342 g/mol. The number of benzene rings is 2. The fourth-order valence-electron chi connectivity index (χ4n) is 1.67. The molecule has 0 unspecified atom stereocenters. The van der Waals surface area contributed by atoms with Gasteiger partial charge in [0.1, 0.15) is 11.8 Å². The summed E-state index contributed by atoms with van der Waals surface area (Å²) in [5, 5.41) is 8.42. The molecule has 0 aliphatic carbocycles. The summed E-state index contributed by atoms with van der Waals surface area (Å²) >= 11 is 3.36. The van der Waals surface area contributed by atoms with Crippen LogP contribution in [-0.4, -0.2) is 12.4 Å². The SMILES string of the molecule is N#CCOc1ccc(C(=O)/C=C/c2ccc(Br)cc2)cc1. The number of allylic oxidation sites excluding steroid dienone is 1. The van der Waals surface area contributed by atoms with Crippen LogP contribution in [0.25, 0.3) is 6.08 Å². The smallest absolute Gasteiger partial charge is 0.185 e. The number of nitriles is 1. The van der Waals surface area contributed by atoms with Crippen LogP contribution in [0.3, 0.4) is 0 Å². The Hall–Kier alpha value is -2.38. The average Bonchev–Trinajstić information content (AvgIpc) is 2.52. The lowest BCUT2D eigenvalue weighted by atomic mass is 10.1. The predicted octanol–water partition coefficient (Wildman–Crippen LogP) is 4.25. The Labute approximate surface area is 131 Å². The van der Waals surface area contributed by atoms with Gasteiger partial charge in [-0.15, -0.1) is 0 Å². The highest BCUT2D eigenvalue weighted by atomic mass is 79.9. The molecule has 2 aromatic rings. The molecule has 0 amide bonds. The highest BCUT2D eigenvalue weighted by Crippen LogP contribution is 2.14. The molecule has 2 rings (SSSR count). The second-order valence-corrected chi connectivity index (χ2v) is 5.14. The number of ketones is 1. The maximum atomic E-state index is 12.0. The first kappa shape index (κ1) is 15.0. The van der Waals surface area contributed by atoms with Gasteiger partial charge in [-0.05, 0) is 48.0 Å². The molecule has 0 heterocycles. The lowest BCUT2D eigenvalue weighted by Gasteiger charge is -2.01. The number of hydrogen-bond donors (Lipinski definition) is 0. The zero-order chi connectivity index (χ0) is 15.1. The largest absolute Gasteiger partial charge is 0.479 e. The predicted molar refractivity (Wildman–Crippen MR) is 85.1 cm³/mol. The van der Waals surface area contributed by atoms with Crippen LogP contribution in [-0.2, 0) is 0 Å². The van der Waals surface area contributed by atoms with Crippen molar-refractivity contribution in [1.82, 2.24) is 0 Å². The summed E-state index contributed by atoms with van der Waals surface area (Å²) in [6, 6.07) is 16.3. The molecule has 3 nitrogen and oxygen atoms in total. The Balaban J connectivity index is 2.03. The first-order valence-electron chi connectivity index (χ1n) is 6.27. The molecule has 0 spiro atoms. The summed E-state index contributed by atoms with van der Waals surface area (Å²) in [6.45, 7) is -0.00321. The maximum Gasteiger partial charge on any atom is 0.185 e. The lowest BCUT2D eigenvalue weighted by molar-refractivity contribution is 0.104. The van der Waals surface area contributed by atoms with Crippen molar-refractivity contribution in [2.75, 3.05) is 6.61 Å². The van der Waals surface area contributed by atoms with Crippen LogP contribution in [0.4, 0.5) is 0 Å². The van der Waals surface area contributed by atoms with Crippen molar-refractivity contribution in [2.24, 2.45) is 0 Å². The van der Waals surface area contributed by atoms with Gasteiger partial charge in [0.2, 0.25) is 0 Å². The summed E-state index contributed by atoms with van der Waals surface area (Å²) in [6.07, 6.45) is 3.31. The minimum absolute atomic E-state index is 0.00321. The number of carbonyl (C=O) groups is 1. The molecular formula is C17H12BrNO2. The molecule has 4 heteroatoms. The molecule has 104 valence electrons. The van der Waals surface area contributed by atoms with Gasteiger partial charge >= 0.3 is 0 Å². The minimum Gasteiger partial charge on any atom is -0.479 e. The normalized spacial score (nSPS) is 10.3. The van der Waals surface area contributed by atoms with Crippen LogP contribution >= 0.6 is 15.9 Å². The Bertz CT molecular complexity index is 682. The van der Waals surface area contributed by atoms with Crippen molar-refractivity contribution < 1.29 is 9.53 Å². The van der Waals surface area contributed by atoms with Crippen molar-refractivity contribution >= 4 is 27.8 Å². The van der Waals surface area contributed by atoms with Gasteiger partial charge in [0.25, 0.3) is 0 Å². The standard InChI is InChI=1S/C17H12BrNO2/c18-15-6-1-13(2-7-15)3-10-17(20)14-4-8-16(9-5-14)21-12-11-19/h1-10H,12H2/b10-3+. The van der Waals surface area contributed by atoms with E-state index < -0.39 is 0 Å². The molecule has 2 aromatic carbocycles. The van der Waals surface area contributed by atoms with E-state index in [1.807, 2.05) is 30.3 Å². The van der Waals surface area contributed by atoms with Crippen LogP contribution in [0.5, 0.6) is 5.75 Å². The first-order chi connectivity index (χ1) is 10.2. The highest BCUT2D eigenvalue weighted by Gasteiger charge is 2.02. The van der Waals surface area contributed by atoms with Crippen molar-refractivity contribution in [3.05, 3.63) is 70.2 Å². The third-order valence-corrected chi connectivity index (χ3v) is 3.27. The van der Waals surface area contributed by atoms with Crippen molar-refractivity contribution in [1.29, 1.82) is 5.26 Å². The van der Waals surface area contributed by atoms with Crippen LogP contribution in [0.15, 0.2) is 59.1 Å². The Morgan fingerprint density at radius 2 is 1.81 bits per heavy atom. The summed E-state index contributed by atoms with van der Waals surface area (Å²) in [7, 11) is 0. The van der Waals surface area contributed by atoms with E-state index in [2.05, 4.69) is 15.9 Å². The zero-order valence-electron chi connectivity index (χ0n) is 11.1. The number of carbonyl (C=O) groups excluding carboxylic acids is 1. The van der Waals surface area contributed by atoms with Gasteiger partial charge < -0.3 is 4.74 Å². The lowest BCUT2D eigenvalue weighted by Crippen LogP contribution is -1.96. The molecule has 0 aliphatic heterocycles.